The van der Waals surface area contributed by atoms with Crippen molar-refractivity contribution in [2.45, 2.75) is 27.8 Å². The van der Waals surface area contributed by atoms with Crippen molar-refractivity contribution >= 4 is 33.5 Å². The molecular formula is C20H15F3IS+. The second-order valence-corrected chi connectivity index (χ2v) is 8.87. The van der Waals surface area contributed by atoms with Crippen molar-refractivity contribution in [3.8, 4) is 0 Å². The molecule has 0 fully saturated rings. The molecule has 3 aromatic carbocycles. The summed E-state index contributed by atoms with van der Waals surface area (Å²) in [6, 6.07) is 21.6. The highest BCUT2D eigenvalue weighted by molar-refractivity contribution is 14.1. The fraction of sp³-hybridized carbons (Fsp3) is 0.100. The lowest BCUT2D eigenvalue weighted by Gasteiger charge is -2.11. The van der Waals surface area contributed by atoms with Crippen LogP contribution in [0, 0.1) is 10.5 Å². The van der Waals surface area contributed by atoms with Gasteiger partial charge in [0.15, 0.2) is 14.7 Å². The van der Waals surface area contributed by atoms with Crippen LogP contribution in [0.25, 0.3) is 0 Å². The van der Waals surface area contributed by atoms with E-state index in [0.717, 1.165) is 25.0 Å². The summed E-state index contributed by atoms with van der Waals surface area (Å²) in [7, 11) is -0.580. The minimum Gasteiger partial charge on any atom is -0.166 e. The van der Waals surface area contributed by atoms with Gasteiger partial charge in [0, 0.05) is 9.64 Å². The van der Waals surface area contributed by atoms with Crippen LogP contribution < -0.4 is 0 Å². The van der Waals surface area contributed by atoms with Crippen LogP contribution in [-0.2, 0) is 17.1 Å². The van der Waals surface area contributed by atoms with E-state index in [1.54, 1.807) is 6.07 Å². The van der Waals surface area contributed by atoms with Gasteiger partial charge in [-0.05, 0) is 78.0 Å². The maximum atomic E-state index is 13.1. The van der Waals surface area contributed by atoms with E-state index in [4.69, 9.17) is 0 Å². The van der Waals surface area contributed by atoms with E-state index in [1.165, 1.54) is 12.1 Å². The van der Waals surface area contributed by atoms with Crippen LogP contribution in [0.2, 0.25) is 0 Å². The molecule has 0 saturated carbocycles. The fourth-order valence-corrected chi connectivity index (χ4v) is 4.90. The average molecular weight is 471 g/mol. The summed E-state index contributed by atoms with van der Waals surface area (Å²) >= 11 is 2.22. The molecule has 0 aliphatic heterocycles. The molecule has 0 aromatic heterocycles. The molecule has 1 unspecified atom stereocenters. The number of hydrogen-bond acceptors (Lipinski definition) is 0. The molecule has 128 valence electrons. The molecule has 0 N–H and O–H groups in total. The topological polar surface area (TPSA) is 0 Å². The summed E-state index contributed by atoms with van der Waals surface area (Å²) in [5.74, 6) is 0. The minimum absolute atomic E-state index is 0.580. The van der Waals surface area contributed by atoms with E-state index in [1.807, 2.05) is 55.5 Å². The van der Waals surface area contributed by atoms with E-state index in [-0.39, 0.29) is 0 Å². The van der Waals surface area contributed by atoms with E-state index in [9.17, 15) is 13.2 Å². The van der Waals surface area contributed by atoms with Crippen molar-refractivity contribution in [3.05, 3.63) is 87.5 Å². The predicted molar refractivity (Wildman–Crippen MR) is 104 cm³/mol. The van der Waals surface area contributed by atoms with Gasteiger partial charge in [0.05, 0.1) is 16.5 Å². The highest BCUT2D eigenvalue weighted by atomic mass is 127. The van der Waals surface area contributed by atoms with Crippen molar-refractivity contribution in [1.29, 1.82) is 0 Å². The normalized spacial score (nSPS) is 12.8. The van der Waals surface area contributed by atoms with E-state index in [0.29, 0.717) is 4.90 Å². The van der Waals surface area contributed by atoms with Crippen molar-refractivity contribution < 1.29 is 13.2 Å². The van der Waals surface area contributed by atoms with Gasteiger partial charge in [0.1, 0.15) is 0 Å². The van der Waals surface area contributed by atoms with Crippen LogP contribution in [0.4, 0.5) is 13.2 Å². The Bertz CT molecular complexity index is 810. The Balaban J connectivity index is 2.14. The highest BCUT2D eigenvalue weighted by Crippen LogP contribution is 2.36. The summed E-state index contributed by atoms with van der Waals surface area (Å²) in [5.41, 5.74) is 0.513. The van der Waals surface area contributed by atoms with Crippen LogP contribution in [0.1, 0.15) is 11.1 Å². The number of alkyl halides is 3. The summed E-state index contributed by atoms with van der Waals surface area (Å²) in [6.07, 6.45) is -4.34. The molecule has 0 heterocycles. The molecule has 25 heavy (non-hydrogen) atoms. The Morgan fingerprint density at radius 2 is 1.32 bits per heavy atom. The van der Waals surface area contributed by atoms with Crippen LogP contribution >= 0.6 is 22.6 Å². The molecule has 0 radical (unpaired) electrons. The second kappa shape index (κ2) is 7.41. The molecule has 0 spiro atoms. The first-order valence-corrected chi connectivity index (χ1v) is 9.89. The van der Waals surface area contributed by atoms with Crippen LogP contribution in [0.3, 0.4) is 0 Å². The Kier molecular flexibility index (Phi) is 5.43. The van der Waals surface area contributed by atoms with Crippen molar-refractivity contribution in [2.24, 2.45) is 0 Å². The predicted octanol–water partition coefficient (Wildman–Crippen LogP) is 6.71. The number of hydrogen-bond donors (Lipinski definition) is 0. The molecule has 0 bridgehead atoms. The van der Waals surface area contributed by atoms with Gasteiger partial charge in [-0.1, -0.05) is 23.8 Å². The van der Waals surface area contributed by atoms with Gasteiger partial charge in [-0.15, -0.1) is 0 Å². The first-order valence-electron chi connectivity index (χ1n) is 7.58. The molecule has 5 heteroatoms. The zero-order valence-electron chi connectivity index (χ0n) is 13.3. The van der Waals surface area contributed by atoms with Gasteiger partial charge >= 0.3 is 6.18 Å². The maximum absolute atomic E-state index is 13.1. The highest BCUT2D eigenvalue weighted by Gasteiger charge is 2.34. The molecule has 0 nitrogen and oxygen atoms in total. The van der Waals surface area contributed by atoms with Crippen molar-refractivity contribution in [3.63, 3.8) is 0 Å². The van der Waals surface area contributed by atoms with E-state index in [2.05, 4.69) is 22.6 Å². The lowest BCUT2D eigenvalue weighted by atomic mass is 10.2. The number of rotatable bonds is 3. The summed E-state index contributed by atoms with van der Waals surface area (Å²) in [4.78, 5) is 2.68. The zero-order valence-corrected chi connectivity index (χ0v) is 16.3. The fourth-order valence-electron chi connectivity index (χ4n) is 2.45. The first kappa shape index (κ1) is 18.3. The molecule has 3 aromatic rings. The molecular weight excluding hydrogens is 456 g/mol. The monoisotopic (exact) mass is 471 g/mol. The van der Waals surface area contributed by atoms with Crippen LogP contribution in [0.5, 0.6) is 0 Å². The smallest absolute Gasteiger partial charge is 0.166 e. The maximum Gasteiger partial charge on any atom is 0.416 e. The van der Waals surface area contributed by atoms with Gasteiger partial charge in [-0.2, -0.15) is 13.2 Å². The lowest BCUT2D eigenvalue weighted by molar-refractivity contribution is -0.137. The Hall–Kier alpha value is -1.47. The molecule has 0 amide bonds. The first-order chi connectivity index (χ1) is 11.8. The molecule has 1 atom stereocenters. The van der Waals surface area contributed by atoms with Crippen molar-refractivity contribution in [1.82, 2.24) is 0 Å². The SMILES string of the molecule is Cc1ccc([S+](c2ccc(I)cc2)c2cccc(C(F)(F)F)c2)cc1. The quantitative estimate of drug-likeness (QED) is 0.294. The molecule has 3 rings (SSSR count). The van der Waals surface area contributed by atoms with Crippen LogP contribution in [-0.4, -0.2) is 0 Å². The Labute approximate surface area is 161 Å². The zero-order chi connectivity index (χ0) is 18.0. The average Bonchev–Trinajstić information content (AvgIpc) is 2.58. The van der Waals surface area contributed by atoms with E-state index >= 15 is 0 Å². The Morgan fingerprint density at radius 3 is 1.88 bits per heavy atom. The van der Waals surface area contributed by atoms with Crippen LogP contribution in [0.15, 0.2) is 87.5 Å². The Morgan fingerprint density at radius 1 is 0.760 bits per heavy atom. The summed E-state index contributed by atoms with van der Waals surface area (Å²) < 4.78 is 40.5. The summed E-state index contributed by atoms with van der Waals surface area (Å²) in [6.45, 7) is 2.00. The van der Waals surface area contributed by atoms with Gasteiger partial charge in [-0.25, -0.2) is 0 Å². The largest absolute Gasteiger partial charge is 0.416 e. The minimum atomic E-state index is -4.34. The van der Waals surface area contributed by atoms with Gasteiger partial charge in [-0.3, -0.25) is 0 Å². The number of halogens is 4. The third-order valence-corrected chi connectivity index (χ3v) is 6.63. The third kappa shape index (κ3) is 4.39. The van der Waals surface area contributed by atoms with Gasteiger partial charge in [0.25, 0.3) is 0 Å². The van der Waals surface area contributed by atoms with E-state index < -0.39 is 22.6 Å². The number of aryl methyl sites for hydroxylation is 1. The second-order valence-electron chi connectivity index (χ2n) is 5.60. The molecule has 0 saturated heterocycles. The molecule has 0 aliphatic carbocycles. The third-order valence-electron chi connectivity index (χ3n) is 3.70. The van der Waals surface area contributed by atoms with Gasteiger partial charge in [0.2, 0.25) is 0 Å². The standard InChI is InChI=1S/C20H15F3IS/c1-14-5-9-17(10-6-14)25(18-11-7-16(24)8-12-18)19-4-2-3-15(13-19)20(21,22)23/h2-13H,1H3/q+1. The van der Waals surface area contributed by atoms with Crippen molar-refractivity contribution in [2.75, 3.05) is 0 Å². The number of benzene rings is 3. The molecule has 0 aliphatic rings. The summed E-state index contributed by atoms with van der Waals surface area (Å²) in [5, 5.41) is 0. The van der Waals surface area contributed by atoms with Gasteiger partial charge < -0.3 is 0 Å². The lowest BCUT2D eigenvalue weighted by Crippen LogP contribution is -2.09.